The van der Waals surface area contributed by atoms with Gasteiger partial charge in [-0.1, -0.05) is 194 Å². The van der Waals surface area contributed by atoms with Gasteiger partial charge in [-0.2, -0.15) is 0 Å². The quantitative estimate of drug-likeness (QED) is 0.0228. The first-order chi connectivity index (χ1) is 37.6. The van der Waals surface area contributed by atoms with Crippen LogP contribution in [-0.2, 0) is 42.9 Å². The highest BCUT2D eigenvalue weighted by Gasteiger charge is 2.50. The molecule has 1 heterocycles. The van der Waals surface area contributed by atoms with Gasteiger partial charge < -0.3 is 39.0 Å². The SMILES string of the molecule is CC/C=C\C/C=C\C/C=C\C/C=C\C/C=C\CCCC(=O)OC1C(OCC(COC(=O)CCCC/C=C\C/C=C\C/C=C\C/C=C\CC)OC(=O)CCCCCCC/C=C\CCCCCCCC)OC(C(=O)O)C(O)C1O. The molecule has 0 aromatic rings. The van der Waals surface area contributed by atoms with Crippen LogP contribution in [0.5, 0.6) is 0 Å². The fourth-order valence-electron chi connectivity index (χ4n) is 8.03. The standard InChI is InChI=1S/C65H102O12/c1-4-7-10-13-16-19-22-25-28-29-32-35-38-41-44-47-50-53-59(68)76-63-61(70)60(69)62(64(71)72)77-65(63)74-55-56(75-58(67)52-49-46-43-40-37-34-31-27-24-21-18-15-12-9-6-3)54-73-57(66)51-48-45-42-39-36-33-30-26-23-20-17-14-11-8-5-2/h7-8,10-11,16-17,19-20,25-28,30-32,35-36,39,41,44,56,60-63,65,69-70H,4-6,9,12-15,18,21-24,29,33-34,37-38,40,42-43,45-55H2,1-3H3,(H,71,72)/b10-7-,11-8-,19-16-,20-17-,28-25-,30-26-,31-27-,35-32-,39-36-,44-41-. The van der Waals surface area contributed by atoms with Crippen LogP contribution in [0, 0.1) is 0 Å². The third-order valence-corrected chi connectivity index (χ3v) is 12.5. The summed E-state index contributed by atoms with van der Waals surface area (Å²) in [6.07, 6.45) is 58.9. The monoisotopic (exact) mass is 1070 g/mol. The Bertz CT molecular complexity index is 1800. The van der Waals surface area contributed by atoms with E-state index >= 15 is 0 Å². The summed E-state index contributed by atoms with van der Waals surface area (Å²) in [4.78, 5) is 51.1. The molecule has 0 aromatic heterocycles. The molecule has 0 aromatic carbocycles. The average molecular weight is 1080 g/mol. The van der Waals surface area contributed by atoms with Gasteiger partial charge in [0.05, 0.1) is 6.61 Å². The van der Waals surface area contributed by atoms with Crippen molar-refractivity contribution in [3.8, 4) is 0 Å². The average Bonchev–Trinajstić information content (AvgIpc) is 3.43. The highest BCUT2D eigenvalue weighted by Crippen LogP contribution is 2.26. The van der Waals surface area contributed by atoms with Gasteiger partial charge in [-0.3, -0.25) is 14.4 Å². The topological polar surface area (TPSA) is 175 Å². The van der Waals surface area contributed by atoms with Gasteiger partial charge >= 0.3 is 23.9 Å². The van der Waals surface area contributed by atoms with Gasteiger partial charge in [0.25, 0.3) is 0 Å². The summed E-state index contributed by atoms with van der Waals surface area (Å²) in [6, 6.07) is 0. The number of aliphatic hydroxyl groups is 2. The maximum atomic E-state index is 13.1. The predicted molar refractivity (Wildman–Crippen MR) is 312 cm³/mol. The first-order valence-electron chi connectivity index (χ1n) is 29.5. The van der Waals surface area contributed by atoms with Gasteiger partial charge in [0.2, 0.25) is 0 Å². The highest BCUT2D eigenvalue weighted by atomic mass is 16.7. The number of carbonyl (C=O) groups excluding carboxylic acids is 3. The molecule has 1 fully saturated rings. The summed E-state index contributed by atoms with van der Waals surface area (Å²) in [5.41, 5.74) is 0. The molecule has 1 aliphatic rings. The van der Waals surface area contributed by atoms with Crippen molar-refractivity contribution in [2.45, 2.75) is 250 Å². The number of rotatable bonds is 48. The Morgan fingerprint density at radius 2 is 0.831 bits per heavy atom. The van der Waals surface area contributed by atoms with Gasteiger partial charge in [-0.15, -0.1) is 0 Å². The number of aliphatic carboxylic acids is 1. The van der Waals surface area contributed by atoms with Crippen LogP contribution in [0.4, 0.5) is 0 Å². The zero-order chi connectivity index (χ0) is 56.1. The molecule has 0 amide bonds. The van der Waals surface area contributed by atoms with E-state index in [-0.39, 0.29) is 25.9 Å². The molecule has 0 radical (unpaired) electrons. The van der Waals surface area contributed by atoms with E-state index in [9.17, 15) is 34.5 Å². The molecule has 6 atom stereocenters. The summed E-state index contributed by atoms with van der Waals surface area (Å²) < 4.78 is 28.3. The number of esters is 3. The van der Waals surface area contributed by atoms with Crippen molar-refractivity contribution in [3.05, 3.63) is 122 Å². The molecule has 1 aliphatic heterocycles. The minimum Gasteiger partial charge on any atom is -0.479 e. The van der Waals surface area contributed by atoms with Gasteiger partial charge in [-0.05, 0) is 122 Å². The van der Waals surface area contributed by atoms with E-state index in [2.05, 4.69) is 130 Å². The molecule has 6 unspecified atom stereocenters. The molecule has 3 N–H and O–H groups in total. The Morgan fingerprint density at radius 1 is 0.442 bits per heavy atom. The number of ether oxygens (including phenoxy) is 5. The summed E-state index contributed by atoms with van der Waals surface area (Å²) in [5.74, 6) is -3.28. The molecule has 0 saturated carbocycles. The predicted octanol–water partition coefficient (Wildman–Crippen LogP) is 15.2. The summed E-state index contributed by atoms with van der Waals surface area (Å²) in [5, 5.41) is 31.5. The smallest absolute Gasteiger partial charge is 0.335 e. The molecule has 0 aliphatic carbocycles. The second kappa shape index (κ2) is 51.9. The first-order valence-corrected chi connectivity index (χ1v) is 29.5. The third-order valence-electron chi connectivity index (χ3n) is 12.5. The molecule has 12 heteroatoms. The van der Waals surface area contributed by atoms with Gasteiger partial charge in [0.1, 0.15) is 18.8 Å². The van der Waals surface area contributed by atoms with Gasteiger partial charge in [0.15, 0.2) is 24.6 Å². The van der Waals surface area contributed by atoms with E-state index in [4.69, 9.17) is 23.7 Å². The van der Waals surface area contributed by atoms with Crippen molar-refractivity contribution in [3.63, 3.8) is 0 Å². The van der Waals surface area contributed by atoms with Crippen molar-refractivity contribution in [1.29, 1.82) is 0 Å². The number of hydrogen-bond acceptors (Lipinski definition) is 11. The van der Waals surface area contributed by atoms with Crippen LogP contribution in [0.25, 0.3) is 0 Å². The minimum absolute atomic E-state index is 0.0291. The van der Waals surface area contributed by atoms with Gasteiger partial charge in [0, 0.05) is 19.3 Å². The summed E-state index contributed by atoms with van der Waals surface area (Å²) >= 11 is 0. The molecular formula is C65H102O12. The molecule has 0 spiro atoms. The van der Waals surface area contributed by atoms with Crippen molar-refractivity contribution in [2.24, 2.45) is 0 Å². The lowest BCUT2D eigenvalue weighted by atomic mass is 9.98. The number of carbonyl (C=O) groups is 4. The highest BCUT2D eigenvalue weighted by molar-refractivity contribution is 5.74. The summed E-state index contributed by atoms with van der Waals surface area (Å²) in [7, 11) is 0. The van der Waals surface area contributed by atoms with E-state index in [1.54, 1.807) is 0 Å². The van der Waals surface area contributed by atoms with Crippen LogP contribution >= 0.6 is 0 Å². The number of aliphatic hydroxyl groups excluding tert-OH is 2. The second-order valence-electron chi connectivity index (χ2n) is 19.5. The van der Waals surface area contributed by atoms with Crippen molar-refractivity contribution in [1.82, 2.24) is 0 Å². The van der Waals surface area contributed by atoms with Crippen LogP contribution in [0.15, 0.2) is 122 Å². The zero-order valence-electron chi connectivity index (χ0n) is 47.7. The lowest BCUT2D eigenvalue weighted by Crippen LogP contribution is -2.61. The Hall–Kier alpha value is -4.88. The molecule has 77 heavy (non-hydrogen) atoms. The fourth-order valence-corrected chi connectivity index (χ4v) is 8.03. The van der Waals surface area contributed by atoms with E-state index in [1.165, 1.54) is 38.5 Å². The lowest BCUT2D eigenvalue weighted by Gasteiger charge is -2.40. The third kappa shape index (κ3) is 41.8. The van der Waals surface area contributed by atoms with E-state index in [1.807, 2.05) is 12.2 Å². The first kappa shape index (κ1) is 70.1. The van der Waals surface area contributed by atoms with Crippen LogP contribution < -0.4 is 0 Å². The van der Waals surface area contributed by atoms with E-state index in [0.717, 1.165) is 109 Å². The Labute approximate surface area is 465 Å². The molecule has 0 bridgehead atoms. The normalized spacial score (nSPS) is 18.9. The number of allylic oxidation sites excluding steroid dienone is 20. The second-order valence-corrected chi connectivity index (χ2v) is 19.5. The van der Waals surface area contributed by atoms with Crippen molar-refractivity contribution >= 4 is 23.9 Å². The molecule has 1 saturated heterocycles. The Balaban J connectivity index is 2.77. The maximum Gasteiger partial charge on any atom is 0.335 e. The van der Waals surface area contributed by atoms with E-state index < -0.39 is 67.3 Å². The summed E-state index contributed by atoms with van der Waals surface area (Å²) in [6.45, 7) is 5.68. The molecule has 434 valence electrons. The number of carboxylic acid groups (broad SMARTS) is 1. The Kier molecular flexibility index (Phi) is 47.2. The number of hydrogen-bond donors (Lipinski definition) is 3. The number of unbranched alkanes of at least 4 members (excludes halogenated alkanes) is 14. The minimum atomic E-state index is -1.93. The van der Waals surface area contributed by atoms with Crippen LogP contribution in [0.1, 0.15) is 213 Å². The largest absolute Gasteiger partial charge is 0.479 e. The molecular weight excluding hydrogens is 973 g/mol. The number of carboxylic acids is 1. The van der Waals surface area contributed by atoms with E-state index in [0.29, 0.717) is 25.7 Å². The molecule has 12 nitrogen and oxygen atoms in total. The van der Waals surface area contributed by atoms with Gasteiger partial charge in [-0.25, -0.2) is 4.79 Å². The van der Waals surface area contributed by atoms with Crippen molar-refractivity contribution in [2.75, 3.05) is 13.2 Å². The van der Waals surface area contributed by atoms with Crippen molar-refractivity contribution < 1.29 is 58.2 Å². The van der Waals surface area contributed by atoms with Crippen LogP contribution in [0.2, 0.25) is 0 Å². The fraction of sp³-hybridized carbons (Fsp3) is 0.631. The van der Waals surface area contributed by atoms with Crippen LogP contribution in [0.3, 0.4) is 0 Å². The zero-order valence-corrected chi connectivity index (χ0v) is 47.7. The van der Waals surface area contributed by atoms with Crippen LogP contribution in [-0.4, -0.2) is 89.2 Å². The lowest BCUT2D eigenvalue weighted by molar-refractivity contribution is -0.301. The maximum absolute atomic E-state index is 13.1. The molecule has 1 rings (SSSR count). The Morgan fingerprint density at radius 3 is 1.32 bits per heavy atom.